The first-order chi connectivity index (χ1) is 11.8. The fourth-order valence-corrected chi connectivity index (χ4v) is 5.06. The van der Waals surface area contributed by atoms with Crippen LogP contribution in [0.2, 0.25) is 10.0 Å². The molecule has 3 aromatic rings. The van der Waals surface area contributed by atoms with Crippen molar-refractivity contribution in [1.29, 1.82) is 0 Å². The second kappa shape index (κ2) is 7.09. The van der Waals surface area contributed by atoms with Crippen molar-refractivity contribution in [3.8, 4) is 10.8 Å². The molecule has 0 aliphatic rings. The Bertz CT molecular complexity index is 1010. The van der Waals surface area contributed by atoms with E-state index in [0.29, 0.717) is 21.4 Å². The molecule has 1 aromatic carbocycles. The van der Waals surface area contributed by atoms with E-state index in [-0.39, 0.29) is 16.5 Å². The predicted molar refractivity (Wildman–Crippen MR) is 99.8 cm³/mol. The van der Waals surface area contributed by atoms with Gasteiger partial charge in [-0.15, -0.1) is 11.3 Å². The molecule has 1 N–H and O–H groups in total. The van der Waals surface area contributed by atoms with Gasteiger partial charge in [0.05, 0.1) is 17.0 Å². The molecule has 132 valence electrons. The number of rotatable bonds is 5. The molecule has 25 heavy (non-hydrogen) atoms. The highest BCUT2D eigenvalue weighted by atomic mass is 35.5. The molecule has 0 saturated carbocycles. The molecule has 0 amide bonds. The molecule has 2 aromatic heterocycles. The summed E-state index contributed by atoms with van der Waals surface area (Å²) in [5.41, 5.74) is 1.39. The van der Waals surface area contributed by atoms with Crippen molar-refractivity contribution < 1.29 is 12.8 Å². The van der Waals surface area contributed by atoms with Crippen LogP contribution < -0.4 is 4.72 Å². The number of aryl methyl sites for hydroxylation is 2. The number of aromatic nitrogens is 1. The van der Waals surface area contributed by atoms with E-state index >= 15 is 0 Å². The second-order valence-electron chi connectivity index (χ2n) is 5.36. The average Bonchev–Trinajstić information content (AvgIpc) is 3.18. The summed E-state index contributed by atoms with van der Waals surface area (Å²) < 4.78 is 33.0. The molecule has 0 bridgehead atoms. The number of hydrogen-bond acceptors (Lipinski definition) is 5. The Kier molecular flexibility index (Phi) is 5.22. The zero-order chi connectivity index (χ0) is 18.2. The third kappa shape index (κ3) is 3.91. The third-order valence-electron chi connectivity index (χ3n) is 3.55. The van der Waals surface area contributed by atoms with Crippen molar-refractivity contribution in [2.45, 2.75) is 25.3 Å². The highest BCUT2D eigenvalue weighted by Crippen LogP contribution is 2.30. The van der Waals surface area contributed by atoms with Gasteiger partial charge in [0.15, 0.2) is 10.8 Å². The number of halogens is 2. The minimum Gasteiger partial charge on any atom is -0.462 e. The Morgan fingerprint density at radius 2 is 2.00 bits per heavy atom. The fraction of sp³-hybridized carbons (Fsp3) is 0.188. The molecule has 0 aliphatic carbocycles. The summed E-state index contributed by atoms with van der Waals surface area (Å²) in [5.74, 6) is 0.651. The molecule has 0 radical (unpaired) electrons. The number of hydrogen-bond donors (Lipinski definition) is 1. The molecule has 0 unspecified atom stereocenters. The number of nitrogens with one attached hydrogen (secondary N) is 1. The van der Waals surface area contributed by atoms with Crippen molar-refractivity contribution in [3.05, 3.63) is 56.7 Å². The minimum absolute atomic E-state index is 0.00416. The van der Waals surface area contributed by atoms with Crippen LogP contribution in [-0.4, -0.2) is 13.4 Å². The Labute approximate surface area is 159 Å². The lowest BCUT2D eigenvalue weighted by Crippen LogP contribution is -2.23. The van der Waals surface area contributed by atoms with Gasteiger partial charge in [-0.3, -0.25) is 0 Å². The maximum Gasteiger partial charge on any atom is 0.242 e. The highest BCUT2D eigenvalue weighted by molar-refractivity contribution is 7.89. The Hall–Kier alpha value is -1.38. The summed E-state index contributed by atoms with van der Waals surface area (Å²) in [6.45, 7) is 3.66. The van der Waals surface area contributed by atoms with E-state index < -0.39 is 10.0 Å². The first-order valence-corrected chi connectivity index (χ1v) is 10.3. The molecular formula is C16H14Cl2N2O3S2. The lowest BCUT2D eigenvalue weighted by Gasteiger charge is -2.09. The van der Waals surface area contributed by atoms with Gasteiger partial charge < -0.3 is 4.42 Å². The molecule has 9 heteroatoms. The minimum atomic E-state index is -3.77. The van der Waals surface area contributed by atoms with Crippen LogP contribution in [-0.2, 0) is 16.6 Å². The lowest BCUT2D eigenvalue weighted by atomic mass is 10.2. The molecule has 0 aliphatic heterocycles. The van der Waals surface area contributed by atoms with E-state index in [9.17, 15) is 8.42 Å². The van der Waals surface area contributed by atoms with Gasteiger partial charge in [-0.1, -0.05) is 23.2 Å². The third-order valence-corrected chi connectivity index (χ3v) is 7.00. The SMILES string of the molecule is Cc1cc(S(=O)(=O)NCc2sc(-c3ccco3)nc2C)c(Cl)cc1Cl. The van der Waals surface area contributed by atoms with Gasteiger partial charge in [0.25, 0.3) is 0 Å². The molecule has 5 nitrogen and oxygen atoms in total. The Morgan fingerprint density at radius 3 is 2.68 bits per heavy atom. The summed E-state index contributed by atoms with van der Waals surface area (Å²) >= 11 is 13.4. The Morgan fingerprint density at radius 1 is 1.24 bits per heavy atom. The van der Waals surface area contributed by atoms with Gasteiger partial charge >= 0.3 is 0 Å². The molecule has 3 rings (SSSR count). The van der Waals surface area contributed by atoms with Crippen LogP contribution in [0, 0.1) is 13.8 Å². The summed E-state index contributed by atoms with van der Waals surface area (Å²) in [5, 5.41) is 1.21. The largest absolute Gasteiger partial charge is 0.462 e. The number of furan rings is 1. The molecule has 2 heterocycles. The van der Waals surface area contributed by atoms with E-state index in [1.807, 2.05) is 13.0 Å². The van der Waals surface area contributed by atoms with Crippen molar-refractivity contribution in [2.75, 3.05) is 0 Å². The molecule has 0 spiro atoms. The fourth-order valence-electron chi connectivity index (χ4n) is 2.17. The summed E-state index contributed by atoms with van der Waals surface area (Å²) in [6, 6.07) is 6.47. The molecule has 0 saturated heterocycles. The van der Waals surface area contributed by atoms with Crippen LogP contribution in [0.3, 0.4) is 0 Å². The molecular weight excluding hydrogens is 403 g/mol. The smallest absolute Gasteiger partial charge is 0.242 e. The van der Waals surface area contributed by atoms with Crippen molar-refractivity contribution >= 4 is 44.6 Å². The first-order valence-electron chi connectivity index (χ1n) is 7.23. The van der Waals surface area contributed by atoms with Crippen LogP contribution >= 0.6 is 34.5 Å². The normalized spacial score (nSPS) is 11.8. The summed E-state index contributed by atoms with van der Waals surface area (Å²) in [4.78, 5) is 5.22. The monoisotopic (exact) mass is 416 g/mol. The number of sulfonamides is 1. The number of benzene rings is 1. The van der Waals surface area contributed by atoms with Crippen LogP contribution in [0.1, 0.15) is 16.1 Å². The standard InChI is InChI=1S/C16H14Cl2N2O3S2/c1-9-6-15(12(18)7-11(9)17)25(21,22)19-8-14-10(2)20-16(24-14)13-4-3-5-23-13/h3-7,19H,8H2,1-2H3. The summed E-state index contributed by atoms with van der Waals surface area (Å²) in [6.07, 6.45) is 1.57. The van der Waals surface area contributed by atoms with Crippen LogP contribution in [0.4, 0.5) is 0 Å². The quantitative estimate of drug-likeness (QED) is 0.647. The van der Waals surface area contributed by atoms with E-state index in [1.165, 1.54) is 23.5 Å². The lowest BCUT2D eigenvalue weighted by molar-refractivity contribution is 0.580. The van der Waals surface area contributed by atoms with Crippen LogP contribution in [0.5, 0.6) is 0 Å². The first kappa shape index (κ1) is 18.4. The highest BCUT2D eigenvalue weighted by Gasteiger charge is 2.20. The van der Waals surface area contributed by atoms with E-state index in [0.717, 1.165) is 10.6 Å². The maximum atomic E-state index is 12.6. The Balaban J connectivity index is 1.83. The van der Waals surface area contributed by atoms with Gasteiger partial charge in [0.1, 0.15) is 4.90 Å². The number of nitrogens with zero attached hydrogens (tertiary/aromatic N) is 1. The predicted octanol–water partition coefficient (Wildman–Crippen LogP) is 4.81. The molecule has 0 fully saturated rings. The van der Waals surface area contributed by atoms with Gasteiger partial charge in [-0.05, 0) is 43.7 Å². The van der Waals surface area contributed by atoms with Crippen LogP contribution in [0.25, 0.3) is 10.8 Å². The van der Waals surface area contributed by atoms with Gasteiger partial charge in [-0.25, -0.2) is 18.1 Å². The zero-order valence-electron chi connectivity index (χ0n) is 13.3. The maximum absolute atomic E-state index is 12.6. The summed E-state index contributed by atoms with van der Waals surface area (Å²) in [7, 11) is -3.77. The average molecular weight is 417 g/mol. The number of thiazole rings is 1. The van der Waals surface area contributed by atoms with Crippen molar-refractivity contribution in [3.63, 3.8) is 0 Å². The van der Waals surface area contributed by atoms with E-state index in [1.54, 1.807) is 19.3 Å². The topological polar surface area (TPSA) is 72.2 Å². The second-order valence-corrected chi connectivity index (χ2v) is 8.99. The van der Waals surface area contributed by atoms with Gasteiger partial charge in [0.2, 0.25) is 10.0 Å². The van der Waals surface area contributed by atoms with Crippen molar-refractivity contribution in [2.24, 2.45) is 0 Å². The van der Waals surface area contributed by atoms with Gasteiger partial charge in [-0.2, -0.15) is 0 Å². The zero-order valence-corrected chi connectivity index (χ0v) is 16.5. The van der Waals surface area contributed by atoms with E-state index in [2.05, 4.69) is 9.71 Å². The van der Waals surface area contributed by atoms with Crippen LogP contribution in [0.15, 0.2) is 39.8 Å². The molecule has 0 atom stereocenters. The van der Waals surface area contributed by atoms with Crippen molar-refractivity contribution in [1.82, 2.24) is 9.71 Å². The van der Waals surface area contributed by atoms with Gasteiger partial charge in [0, 0.05) is 16.4 Å². The van der Waals surface area contributed by atoms with E-state index in [4.69, 9.17) is 27.6 Å².